The number of rotatable bonds is 4. The van der Waals surface area contributed by atoms with Crippen LogP contribution in [0.3, 0.4) is 0 Å². The van der Waals surface area contributed by atoms with Crippen molar-refractivity contribution in [3.8, 4) is 0 Å². The van der Waals surface area contributed by atoms with Crippen LogP contribution in [0, 0.1) is 5.82 Å². The maximum absolute atomic E-state index is 13.6. The van der Waals surface area contributed by atoms with Crippen LogP contribution >= 0.6 is 11.8 Å². The predicted molar refractivity (Wildman–Crippen MR) is 76.3 cm³/mol. The van der Waals surface area contributed by atoms with E-state index in [-0.39, 0.29) is 5.82 Å². The number of benzene rings is 1. The van der Waals surface area contributed by atoms with Crippen molar-refractivity contribution in [3.63, 3.8) is 0 Å². The highest BCUT2D eigenvalue weighted by atomic mass is 32.2. The van der Waals surface area contributed by atoms with Crippen molar-refractivity contribution in [3.05, 3.63) is 54.0 Å². The summed E-state index contributed by atoms with van der Waals surface area (Å²) in [5.41, 5.74) is 1.69. The number of fused-ring (bicyclic) bond motifs is 1. The normalized spacial score (nSPS) is 11.1. The number of nitrogens with one attached hydrogen (secondary N) is 1. The second kappa shape index (κ2) is 5.60. The van der Waals surface area contributed by atoms with E-state index in [0.29, 0.717) is 6.54 Å². The molecule has 0 aliphatic rings. The molecule has 6 heteroatoms. The van der Waals surface area contributed by atoms with Crippen LogP contribution in [0.4, 0.5) is 4.39 Å². The summed E-state index contributed by atoms with van der Waals surface area (Å²) in [6, 6.07) is 10.7. The minimum Gasteiger partial charge on any atom is -0.316 e. The molecule has 0 radical (unpaired) electrons. The Kier molecular flexibility index (Phi) is 3.66. The molecule has 0 unspecified atom stereocenters. The standard InChI is InChI=1S/C14H13FN4S/c1-16-9-10-6-11(15)8-12(7-10)20-14-18-17-13-4-2-3-5-19(13)14/h2-8,16H,9H2,1H3. The van der Waals surface area contributed by atoms with Crippen LogP contribution in [-0.2, 0) is 6.54 Å². The number of hydrogen-bond acceptors (Lipinski definition) is 4. The van der Waals surface area contributed by atoms with Gasteiger partial charge in [-0.05, 0) is 54.7 Å². The lowest BCUT2D eigenvalue weighted by Crippen LogP contribution is -2.05. The molecule has 0 aliphatic heterocycles. The third-order valence-corrected chi connectivity index (χ3v) is 3.74. The Bertz CT molecular complexity index is 741. The Morgan fingerprint density at radius 1 is 1.25 bits per heavy atom. The highest BCUT2D eigenvalue weighted by Gasteiger charge is 2.08. The molecule has 3 rings (SSSR count). The third-order valence-electron chi connectivity index (χ3n) is 2.80. The lowest BCUT2D eigenvalue weighted by molar-refractivity contribution is 0.619. The van der Waals surface area contributed by atoms with E-state index >= 15 is 0 Å². The average Bonchev–Trinajstić information content (AvgIpc) is 2.82. The van der Waals surface area contributed by atoms with Crippen molar-refractivity contribution < 1.29 is 4.39 Å². The molecule has 1 N–H and O–H groups in total. The monoisotopic (exact) mass is 288 g/mol. The van der Waals surface area contributed by atoms with Gasteiger partial charge in [-0.25, -0.2) is 4.39 Å². The SMILES string of the molecule is CNCc1cc(F)cc(Sc2nnc3ccccn23)c1. The van der Waals surface area contributed by atoms with E-state index in [4.69, 9.17) is 0 Å². The molecule has 3 aromatic rings. The predicted octanol–water partition coefficient (Wildman–Crippen LogP) is 2.74. The first kappa shape index (κ1) is 13.1. The van der Waals surface area contributed by atoms with Gasteiger partial charge < -0.3 is 5.32 Å². The first-order valence-corrected chi connectivity index (χ1v) is 6.99. The van der Waals surface area contributed by atoms with Crippen LogP contribution in [-0.4, -0.2) is 21.6 Å². The first-order chi connectivity index (χ1) is 9.76. The summed E-state index contributed by atoms with van der Waals surface area (Å²) in [4.78, 5) is 0.813. The van der Waals surface area contributed by atoms with Crippen molar-refractivity contribution in [1.82, 2.24) is 19.9 Å². The summed E-state index contributed by atoms with van der Waals surface area (Å²) in [6.07, 6.45) is 1.89. The number of aromatic nitrogens is 3. The van der Waals surface area contributed by atoms with Crippen molar-refractivity contribution in [2.24, 2.45) is 0 Å². The van der Waals surface area contributed by atoms with Gasteiger partial charge in [-0.2, -0.15) is 0 Å². The number of hydrogen-bond donors (Lipinski definition) is 1. The van der Waals surface area contributed by atoms with Crippen LogP contribution in [0.1, 0.15) is 5.56 Å². The second-order valence-corrected chi connectivity index (χ2v) is 5.38. The van der Waals surface area contributed by atoms with E-state index in [9.17, 15) is 4.39 Å². The van der Waals surface area contributed by atoms with Crippen LogP contribution in [0.5, 0.6) is 0 Å². The van der Waals surface area contributed by atoms with Gasteiger partial charge in [-0.15, -0.1) is 10.2 Å². The molecule has 102 valence electrons. The minimum atomic E-state index is -0.242. The molecule has 0 atom stereocenters. The summed E-state index contributed by atoms with van der Waals surface area (Å²) in [5, 5.41) is 12.0. The zero-order chi connectivity index (χ0) is 13.9. The van der Waals surface area contributed by atoms with Gasteiger partial charge in [0.2, 0.25) is 0 Å². The second-order valence-electron chi connectivity index (χ2n) is 4.34. The van der Waals surface area contributed by atoms with E-state index in [0.717, 1.165) is 21.3 Å². The van der Waals surface area contributed by atoms with Gasteiger partial charge in [0.05, 0.1) is 0 Å². The van der Waals surface area contributed by atoms with Crippen molar-refractivity contribution in [2.75, 3.05) is 7.05 Å². The molecule has 0 saturated heterocycles. The molecule has 0 bridgehead atoms. The van der Waals surface area contributed by atoms with Crippen LogP contribution < -0.4 is 5.32 Å². The van der Waals surface area contributed by atoms with E-state index in [1.54, 1.807) is 0 Å². The number of pyridine rings is 1. The quantitative estimate of drug-likeness (QED) is 0.801. The summed E-state index contributed by atoms with van der Waals surface area (Å²) in [7, 11) is 1.84. The largest absolute Gasteiger partial charge is 0.316 e. The van der Waals surface area contributed by atoms with Gasteiger partial charge in [0.1, 0.15) is 5.82 Å². The van der Waals surface area contributed by atoms with Crippen LogP contribution in [0.25, 0.3) is 5.65 Å². The van der Waals surface area contributed by atoms with Crippen molar-refractivity contribution >= 4 is 17.4 Å². The summed E-state index contributed by atoms with van der Waals surface area (Å²) >= 11 is 1.40. The van der Waals surface area contributed by atoms with Gasteiger partial charge in [-0.1, -0.05) is 6.07 Å². The van der Waals surface area contributed by atoms with E-state index < -0.39 is 0 Å². The fraction of sp³-hybridized carbons (Fsp3) is 0.143. The Morgan fingerprint density at radius 3 is 3.00 bits per heavy atom. The smallest absolute Gasteiger partial charge is 0.200 e. The Balaban J connectivity index is 1.94. The van der Waals surface area contributed by atoms with Gasteiger partial charge >= 0.3 is 0 Å². The summed E-state index contributed by atoms with van der Waals surface area (Å²) in [5.74, 6) is -0.242. The zero-order valence-electron chi connectivity index (χ0n) is 10.9. The third kappa shape index (κ3) is 2.66. The minimum absolute atomic E-state index is 0.242. The Hall–Kier alpha value is -1.92. The van der Waals surface area contributed by atoms with E-state index in [2.05, 4.69) is 15.5 Å². The van der Waals surface area contributed by atoms with Gasteiger partial charge in [-0.3, -0.25) is 4.40 Å². The highest BCUT2D eigenvalue weighted by molar-refractivity contribution is 7.99. The molecule has 0 amide bonds. The molecule has 1 aromatic carbocycles. The molecule has 0 spiro atoms. The van der Waals surface area contributed by atoms with Crippen LogP contribution in [0.2, 0.25) is 0 Å². The van der Waals surface area contributed by atoms with E-state index in [1.807, 2.05) is 41.9 Å². The van der Waals surface area contributed by atoms with Crippen molar-refractivity contribution in [1.29, 1.82) is 0 Å². The zero-order valence-corrected chi connectivity index (χ0v) is 11.7. The fourth-order valence-electron chi connectivity index (χ4n) is 1.98. The topological polar surface area (TPSA) is 42.2 Å². The molecule has 0 fully saturated rings. The Morgan fingerprint density at radius 2 is 2.15 bits per heavy atom. The lowest BCUT2D eigenvalue weighted by Gasteiger charge is -2.05. The molecule has 2 aromatic heterocycles. The maximum atomic E-state index is 13.6. The molecule has 20 heavy (non-hydrogen) atoms. The first-order valence-electron chi connectivity index (χ1n) is 6.18. The number of nitrogens with zero attached hydrogens (tertiary/aromatic N) is 3. The maximum Gasteiger partial charge on any atom is 0.200 e. The molecule has 2 heterocycles. The summed E-state index contributed by atoms with van der Waals surface area (Å²) in [6.45, 7) is 0.631. The average molecular weight is 288 g/mol. The molecular weight excluding hydrogens is 275 g/mol. The molecular formula is C14H13FN4S. The Labute approximate surface area is 120 Å². The molecule has 0 aliphatic carbocycles. The highest BCUT2D eigenvalue weighted by Crippen LogP contribution is 2.28. The molecule has 0 saturated carbocycles. The van der Waals surface area contributed by atoms with Gasteiger partial charge in [0.15, 0.2) is 10.8 Å². The van der Waals surface area contributed by atoms with Gasteiger partial charge in [0.25, 0.3) is 0 Å². The fourth-order valence-corrected chi connectivity index (χ4v) is 2.91. The van der Waals surface area contributed by atoms with E-state index in [1.165, 1.54) is 23.9 Å². The number of halogens is 1. The summed E-state index contributed by atoms with van der Waals surface area (Å²) < 4.78 is 15.5. The van der Waals surface area contributed by atoms with Crippen molar-refractivity contribution in [2.45, 2.75) is 16.6 Å². The van der Waals surface area contributed by atoms with Crippen LogP contribution in [0.15, 0.2) is 52.6 Å². The molecule has 4 nitrogen and oxygen atoms in total. The lowest BCUT2D eigenvalue weighted by atomic mass is 10.2. The van der Waals surface area contributed by atoms with Gasteiger partial charge in [0, 0.05) is 17.6 Å².